The van der Waals surface area contributed by atoms with Gasteiger partial charge in [-0.25, -0.2) is 14.4 Å². The van der Waals surface area contributed by atoms with E-state index in [1.165, 1.54) is 29.5 Å². The number of nitro groups is 1. The summed E-state index contributed by atoms with van der Waals surface area (Å²) in [7, 11) is 0. The number of aromatic nitrogens is 2. The maximum absolute atomic E-state index is 13.0. The van der Waals surface area contributed by atoms with Gasteiger partial charge in [0.25, 0.3) is 5.91 Å². The molecule has 0 aliphatic heterocycles. The quantitative estimate of drug-likeness (QED) is 0.533. The molecule has 132 valence electrons. The van der Waals surface area contributed by atoms with Crippen molar-refractivity contribution in [1.29, 1.82) is 0 Å². The number of carbonyl (C=O) groups excluding carboxylic acids is 1. The Kier molecular flexibility index (Phi) is 4.59. The molecule has 2 heterocycles. The number of nitrogens with one attached hydrogen (secondary N) is 1. The molecule has 0 saturated carbocycles. The Morgan fingerprint density at radius 2 is 1.92 bits per heavy atom. The van der Waals surface area contributed by atoms with Crippen LogP contribution in [0.5, 0.6) is 0 Å². The van der Waals surface area contributed by atoms with Crippen LogP contribution in [0.15, 0.2) is 36.4 Å². The van der Waals surface area contributed by atoms with Gasteiger partial charge in [-0.1, -0.05) is 0 Å². The van der Waals surface area contributed by atoms with Gasteiger partial charge < -0.3 is 5.73 Å². The molecule has 8 nitrogen and oxygen atoms in total. The number of pyridine rings is 1. The Hall–Kier alpha value is -3.40. The second-order valence-corrected chi connectivity index (χ2v) is 6.45. The van der Waals surface area contributed by atoms with Gasteiger partial charge in [0, 0.05) is 16.5 Å². The summed E-state index contributed by atoms with van der Waals surface area (Å²) < 4.78 is 13.0. The Bertz CT molecular complexity index is 1000. The number of rotatable bonds is 4. The van der Waals surface area contributed by atoms with Gasteiger partial charge in [0.1, 0.15) is 11.5 Å². The third-order valence-electron chi connectivity index (χ3n) is 3.47. The molecule has 3 aromatic rings. The van der Waals surface area contributed by atoms with Gasteiger partial charge in [0.05, 0.1) is 10.6 Å². The van der Waals surface area contributed by atoms with Crippen LogP contribution in [-0.4, -0.2) is 20.8 Å². The fourth-order valence-electron chi connectivity index (χ4n) is 2.24. The van der Waals surface area contributed by atoms with Crippen LogP contribution in [-0.2, 0) is 0 Å². The lowest BCUT2D eigenvalue weighted by Gasteiger charge is -2.02. The summed E-state index contributed by atoms with van der Waals surface area (Å²) >= 11 is 1.24. The number of benzene rings is 1. The van der Waals surface area contributed by atoms with Crippen LogP contribution in [0.2, 0.25) is 0 Å². The molecular weight excluding hydrogens is 361 g/mol. The zero-order chi connectivity index (χ0) is 18.8. The molecule has 0 spiro atoms. The second kappa shape index (κ2) is 6.84. The van der Waals surface area contributed by atoms with Crippen LogP contribution in [0.3, 0.4) is 0 Å². The van der Waals surface area contributed by atoms with E-state index in [4.69, 9.17) is 5.73 Å². The summed E-state index contributed by atoms with van der Waals surface area (Å²) in [6, 6.07) is 8.19. The minimum atomic E-state index is -0.677. The van der Waals surface area contributed by atoms with Gasteiger partial charge in [0.15, 0.2) is 5.13 Å². The first-order valence-electron chi connectivity index (χ1n) is 7.31. The van der Waals surface area contributed by atoms with Crippen LogP contribution < -0.4 is 11.1 Å². The highest BCUT2D eigenvalue weighted by Crippen LogP contribution is 2.30. The first kappa shape index (κ1) is 17.4. The van der Waals surface area contributed by atoms with E-state index in [9.17, 15) is 19.3 Å². The Balaban J connectivity index is 1.82. The number of amides is 1. The summed E-state index contributed by atoms with van der Waals surface area (Å²) in [5.41, 5.74) is 6.40. The molecule has 10 heteroatoms. The topological polar surface area (TPSA) is 124 Å². The number of hydrogen-bond donors (Lipinski definition) is 2. The SMILES string of the molecule is Cc1sc(NC(=O)c2ccc([N+](=O)[O-])c(N)n2)nc1-c1ccc(F)cc1. The highest BCUT2D eigenvalue weighted by molar-refractivity contribution is 7.16. The smallest absolute Gasteiger partial charge is 0.311 e. The number of thiazole rings is 1. The predicted octanol–water partition coefficient (Wildman–Crippen LogP) is 3.40. The molecule has 2 aromatic heterocycles. The maximum atomic E-state index is 13.0. The van der Waals surface area contributed by atoms with Crippen molar-refractivity contribution in [3.63, 3.8) is 0 Å². The van der Waals surface area contributed by atoms with E-state index in [0.29, 0.717) is 10.8 Å². The molecule has 3 N–H and O–H groups in total. The highest BCUT2D eigenvalue weighted by Gasteiger charge is 2.18. The van der Waals surface area contributed by atoms with Crippen molar-refractivity contribution in [2.75, 3.05) is 11.1 Å². The average Bonchev–Trinajstić information content (AvgIpc) is 2.95. The summed E-state index contributed by atoms with van der Waals surface area (Å²) in [6.45, 7) is 1.83. The summed E-state index contributed by atoms with van der Waals surface area (Å²) in [5.74, 6) is -1.28. The van der Waals surface area contributed by atoms with Crippen molar-refractivity contribution in [1.82, 2.24) is 9.97 Å². The van der Waals surface area contributed by atoms with Crippen molar-refractivity contribution in [3.05, 3.63) is 62.9 Å². The molecule has 1 aromatic carbocycles. The number of carbonyl (C=O) groups is 1. The number of halogens is 1. The number of nitrogen functional groups attached to an aromatic ring is 1. The number of aryl methyl sites for hydroxylation is 1. The van der Waals surface area contributed by atoms with E-state index in [1.54, 1.807) is 12.1 Å². The first-order chi connectivity index (χ1) is 12.3. The first-order valence-corrected chi connectivity index (χ1v) is 8.12. The Morgan fingerprint density at radius 1 is 1.23 bits per heavy atom. The van der Waals surface area contributed by atoms with E-state index in [2.05, 4.69) is 15.3 Å². The number of nitrogens with two attached hydrogens (primary N) is 1. The molecule has 0 bridgehead atoms. The molecule has 0 atom stereocenters. The fourth-order valence-corrected chi connectivity index (χ4v) is 3.07. The van der Waals surface area contributed by atoms with Crippen molar-refractivity contribution < 1.29 is 14.1 Å². The van der Waals surface area contributed by atoms with Gasteiger partial charge in [-0.3, -0.25) is 20.2 Å². The number of hydrogen-bond acceptors (Lipinski definition) is 7. The highest BCUT2D eigenvalue weighted by atomic mass is 32.1. The number of nitrogens with zero attached hydrogens (tertiary/aromatic N) is 3. The average molecular weight is 373 g/mol. The van der Waals surface area contributed by atoms with Gasteiger partial charge in [-0.05, 0) is 37.3 Å². The standard InChI is InChI=1S/C16H12FN5O3S/c1-8-13(9-2-4-10(17)5-3-9)20-16(26-8)21-15(23)11-6-7-12(22(24)25)14(18)19-11/h2-7H,1H3,(H2,18,19)(H,20,21,23). The van der Waals surface area contributed by atoms with Gasteiger partial charge in [-0.2, -0.15) is 0 Å². The predicted molar refractivity (Wildman–Crippen MR) is 95.5 cm³/mol. The lowest BCUT2D eigenvalue weighted by Crippen LogP contribution is -2.14. The molecule has 3 rings (SSSR count). The summed E-state index contributed by atoms with van der Waals surface area (Å²) in [6.07, 6.45) is 0. The van der Waals surface area contributed by atoms with Gasteiger partial charge in [0.2, 0.25) is 5.82 Å². The molecule has 0 aliphatic rings. The van der Waals surface area contributed by atoms with Crippen molar-refractivity contribution in [2.24, 2.45) is 0 Å². The molecule has 0 fully saturated rings. The summed E-state index contributed by atoms with van der Waals surface area (Å²) in [4.78, 5) is 31.3. The van der Waals surface area contributed by atoms with Gasteiger partial charge >= 0.3 is 5.69 Å². The van der Waals surface area contributed by atoms with E-state index in [-0.39, 0.29) is 23.0 Å². The van der Waals surface area contributed by atoms with Crippen LogP contribution in [0.1, 0.15) is 15.4 Å². The molecule has 0 saturated heterocycles. The Labute approximate surface area is 150 Å². The van der Waals surface area contributed by atoms with E-state index in [0.717, 1.165) is 16.5 Å². The molecule has 0 aliphatic carbocycles. The van der Waals surface area contributed by atoms with Crippen molar-refractivity contribution >= 4 is 33.9 Å². The second-order valence-electron chi connectivity index (χ2n) is 5.24. The maximum Gasteiger partial charge on any atom is 0.311 e. The largest absolute Gasteiger partial charge is 0.378 e. The third-order valence-corrected chi connectivity index (χ3v) is 4.35. The fraction of sp³-hybridized carbons (Fsp3) is 0.0625. The molecule has 0 unspecified atom stereocenters. The Morgan fingerprint density at radius 3 is 2.54 bits per heavy atom. The molecule has 0 radical (unpaired) electrons. The number of anilines is 2. The lowest BCUT2D eigenvalue weighted by atomic mass is 10.1. The molecule has 1 amide bonds. The lowest BCUT2D eigenvalue weighted by molar-refractivity contribution is -0.384. The minimum Gasteiger partial charge on any atom is -0.378 e. The van der Waals surface area contributed by atoms with Crippen LogP contribution in [0, 0.1) is 22.9 Å². The van der Waals surface area contributed by atoms with E-state index < -0.39 is 10.8 Å². The molecular formula is C16H12FN5O3S. The third kappa shape index (κ3) is 3.49. The van der Waals surface area contributed by atoms with Crippen LogP contribution >= 0.6 is 11.3 Å². The van der Waals surface area contributed by atoms with E-state index in [1.807, 2.05) is 6.92 Å². The minimum absolute atomic E-state index is 0.0655. The molecule has 26 heavy (non-hydrogen) atoms. The van der Waals surface area contributed by atoms with Crippen LogP contribution in [0.25, 0.3) is 11.3 Å². The van der Waals surface area contributed by atoms with Crippen LogP contribution in [0.4, 0.5) is 21.0 Å². The monoisotopic (exact) mass is 373 g/mol. The zero-order valence-electron chi connectivity index (χ0n) is 13.4. The van der Waals surface area contributed by atoms with Crippen molar-refractivity contribution in [2.45, 2.75) is 6.92 Å². The van der Waals surface area contributed by atoms with E-state index >= 15 is 0 Å². The van der Waals surface area contributed by atoms with Gasteiger partial charge in [-0.15, -0.1) is 11.3 Å². The summed E-state index contributed by atoms with van der Waals surface area (Å²) in [5, 5.41) is 13.7. The van der Waals surface area contributed by atoms with Crippen molar-refractivity contribution in [3.8, 4) is 11.3 Å². The zero-order valence-corrected chi connectivity index (χ0v) is 14.2. The normalized spacial score (nSPS) is 10.5.